The molecule has 0 atom stereocenters. The van der Waals surface area contributed by atoms with Crippen molar-refractivity contribution in [3.05, 3.63) is 0 Å². The number of carbonyl (C=O) groups excluding carboxylic acids is 1. The molecule has 5 nitrogen and oxygen atoms in total. The standard InChI is InChI=1S/C4H9O5P/c1-7-10(6,8-2)9-4-3-5/h3H,4H2,1-2H3. The molecule has 6 heteroatoms. The van der Waals surface area contributed by atoms with Crippen molar-refractivity contribution in [3.8, 4) is 0 Å². The van der Waals surface area contributed by atoms with Crippen LogP contribution in [0.15, 0.2) is 0 Å². The van der Waals surface area contributed by atoms with Gasteiger partial charge in [0.15, 0.2) is 0 Å². The Bertz CT molecular complexity index is 137. The third-order valence-corrected chi connectivity index (χ3v) is 2.11. The van der Waals surface area contributed by atoms with Crippen LogP contribution in [0.3, 0.4) is 0 Å². The quantitative estimate of drug-likeness (QED) is 0.444. The van der Waals surface area contributed by atoms with Gasteiger partial charge in [0.05, 0.1) is 0 Å². The molecular weight excluding hydrogens is 159 g/mol. The lowest BCUT2D eigenvalue weighted by atomic mass is 10.9. The van der Waals surface area contributed by atoms with Gasteiger partial charge in [0, 0.05) is 14.2 Å². The topological polar surface area (TPSA) is 61.8 Å². The molecule has 0 aliphatic rings. The Morgan fingerprint density at radius 2 is 1.90 bits per heavy atom. The van der Waals surface area contributed by atoms with Gasteiger partial charge >= 0.3 is 7.82 Å². The normalized spacial score (nSPS) is 11.4. The van der Waals surface area contributed by atoms with Crippen molar-refractivity contribution in [2.75, 3.05) is 20.8 Å². The van der Waals surface area contributed by atoms with Crippen LogP contribution in [0.1, 0.15) is 0 Å². The van der Waals surface area contributed by atoms with Crippen LogP contribution in [0, 0.1) is 0 Å². The fourth-order valence-electron chi connectivity index (χ4n) is 0.302. The Morgan fingerprint density at radius 3 is 2.20 bits per heavy atom. The van der Waals surface area contributed by atoms with Crippen LogP contribution in [0.5, 0.6) is 0 Å². The van der Waals surface area contributed by atoms with Gasteiger partial charge in [-0.1, -0.05) is 0 Å². The van der Waals surface area contributed by atoms with Crippen LogP contribution < -0.4 is 0 Å². The number of phosphoric ester groups is 1. The SMILES string of the molecule is COP(=O)(OC)OCC=O. The second-order valence-electron chi connectivity index (χ2n) is 1.27. The summed E-state index contributed by atoms with van der Waals surface area (Å²) in [6.07, 6.45) is 0.463. The van der Waals surface area contributed by atoms with Crippen molar-refractivity contribution in [2.24, 2.45) is 0 Å². The zero-order valence-corrected chi connectivity index (χ0v) is 6.67. The van der Waals surface area contributed by atoms with Gasteiger partial charge in [0.1, 0.15) is 12.9 Å². The maximum absolute atomic E-state index is 10.9. The highest BCUT2D eigenvalue weighted by atomic mass is 31.2. The molecule has 0 heterocycles. The first-order valence-electron chi connectivity index (χ1n) is 2.48. The minimum absolute atomic E-state index is 0.293. The summed E-state index contributed by atoms with van der Waals surface area (Å²) in [5.74, 6) is 0. The van der Waals surface area contributed by atoms with E-state index < -0.39 is 7.82 Å². The average Bonchev–Trinajstić information content (AvgIpc) is 2.00. The Hall–Kier alpha value is -0.220. The number of carbonyl (C=O) groups is 1. The van der Waals surface area contributed by atoms with Crippen molar-refractivity contribution in [3.63, 3.8) is 0 Å². The molecule has 0 amide bonds. The molecule has 0 aromatic rings. The predicted octanol–water partition coefficient (Wildman–Crippen LogP) is 0.603. The summed E-state index contributed by atoms with van der Waals surface area (Å²) < 4.78 is 24.0. The van der Waals surface area contributed by atoms with Crippen molar-refractivity contribution in [1.82, 2.24) is 0 Å². The summed E-state index contributed by atoms with van der Waals surface area (Å²) in [5, 5.41) is 0. The van der Waals surface area contributed by atoms with Gasteiger partial charge in [0.2, 0.25) is 0 Å². The minimum atomic E-state index is -3.43. The summed E-state index contributed by atoms with van der Waals surface area (Å²) in [6.45, 7) is -0.293. The van der Waals surface area contributed by atoms with Crippen LogP contribution in [0.2, 0.25) is 0 Å². The van der Waals surface area contributed by atoms with E-state index in [2.05, 4.69) is 13.6 Å². The zero-order valence-electron chi connectivity index (χ0n) is 5.77. The van der Waals surface area contributed by atoms with Gasteiger partial charge in [0.25, 0.3) is 0 Å². The lowest BCUT2D eigenvalue weighted by molar-refractivity contribution is -0.110. The van der Waals surface area contributed by atoms with Crippen LogP contribution in [0.4, 0.5) is 0 Å². The van der Waals surface area contributed by atoms with E-state index >= 15 is 0 Å². The van der Waals surface area contributed by atoms with E-state index in [-0.39, 0.29) is 6.61 Å². The number of hydrogen-bond acceptors (Lipinski definition) is 5. The van der Waals surface area contributed by atoms with Crippen molar-refractivity contribution < 1.29 is 22.9 Å². The molecule has 60 valence electrons. The van der Waals surface area contributed by atoms with E-state index in [1.807, 2.05) is 0 Å². The molecule has 0 N–H and O–H groups in total. The maximum atomic E-state index is 10.9. The molecule has 0 aliphatic heterocycles. The molecule has 0 saturated heterocycles. The molecule has 0 rings (SSSR count). The Kier molecular flexibility index (Phi) is 4.47. The third-order valence-electron chi connectivity index (χ3n) is 0.748. The van der Waals surface area contributed by atoms with E-state index in [4.69, 9.17) is 0 Å². The van der Waals surface area contributed by atoms with E-state index in [0.29, 0.717) is 6.29 Å². The molecule has 0 radical (unpaired) electrons. The number of aldehydes is 1. The summed E-state index contributed by atoms with van der Waals surface area (Å²) in [5.41, 5.74) is 0. The Labute approximate surface area is 58.9 Å². The van der Waals surface area contributed by atoms with Crippen LogP contribution in [-0.2, 0) is 22.9 Å². The fourth-order valence-corrected chi connectivity index (χ4v) is 0.905. The predicted molar refractivity (Wildman–Crippen MR) is 33.6 cm³/mol. The molecule has 0 fully saturated rings. The molecule has 10 heavy (non-hydrogen) atoms. The molecule has 0 aromatic heterocycles. The van der Waals surface area contributed by atoms with Crippen molar-refractivity contribution in [1.29, 1.82) is 0 Å². The molecule has 0 spiro atoms. The third kappa shape index (κ3) is 3.08. The van der Waals surface area contributed by atoms with Crippen LogP contribution in [0.25, 0.3) is 0 Å². The number of phosphoric acid groups is 1. The van der Waals surface area contributed by atoms with Crippen molar-refractivity contribution >= 4 is 14.1 Å². The van der Waals surface area contributed by atoms with E-state index in [1.54, 1.807) is 0 Å². The van der Waals surface area contributed by atoms with Gasteiger partial charge in [-0.25, -0.2) is 4.57 Å². The molecule has 0 unspecified atom stereocenters. The van der Waals surface area contributed by atoms with Gasteiger partial charge in [-0.3, -0.25) is 13.6 Å². The van der Waals surface area contributed by atoms with Crippen LogP contribution >= 0.6 is 7.82 Å². The van der Waals surface area contributed by atoms with Gasteiger partial charge in [-0.15, -0.1) is 0 Å². The summed E-state index contributed by atoms with van der Waals surface area (Å²) in [4.78, 5) is 9.73. The van der Waals surface area contributed by atoms with E-state index in [9.17, 15) is 9.36 Å². The summed E-state index contributed by atoms with van der Waals surface area (Å²) in [6, 6.07) is 0. The van der Waals surface area contributed by atoms with Crippen molar-refractivity contribution in [2.45, 2.75) is 0 Å². The first-order valence-corrected chi connectivity index (χ1v) is 3.94. The van der Waals surface area contributed by atoms with Gasteiger partial charge in [-0.05, 0) is 0 Å². The zero-order chi connectivity index (χ0) is 8.04. The highest BCUT2D eigenvalue weighted by Gasteiger charge is 2.21. The average molecular weight is 168 g/mol. The molecular formula is C4H9O5P. The molecule has 0 aliphatic carbocycles. The monoisotopic (exact) mass is 168 g/mol. The van der Waals surface area contributed by atoms with Gasteiger partial charge in [-0.2, -0.15) is 0 Å². The van der Waals surface area contributed by atoms with E-state index in [1.165, 1.54) is 14.2 Å². The first kappa shape index (κ1) is 9.78. The largest absolute Gasteiger partial charge is 0.474 e. The number of rotatable bonds is 5. The first-order chi connectivity index (χ1) is 4.68. The molecule has 0 bridgehead atoms. The van der Waals surface area contributed by atoms with Crippen LogP contribution in [-0.4, -0.2) is 27.1 Å². The minimum Gasteiger partial charge on any atom is -0.301 e. The maximum Gasteiger partial charge on any atom is 0.474 e. The highest BCUT2D eigenvalue weighted by Crippen LogP contribution is 2.46. The lowest BCUT2D eigenvalue weighted by Gasteiger charge is -2.10. The fraction of sp³-hybridized carbons (Fsp3) is 0.750. The summed E-state index contributed by atoms with van der Waals surface area (Å²) >= 11 is 0. The molecule has 0 aromatic carbocycles. The number of hydrogen-bond donors (Lipinski definition) is 0. The Morgan fingerprint density at radius 1 is 1.40 bits per heavy atom. The molecule has 0 saturated carbocycles. The highest BCUT2D eigenvalue weighted by molar-refractivity contribution is 7.48. The lowest BCUT2D eigenvalue weighted by Crippen LogP contribution is -1.96. The van der Waals surface area contributed by atoms with Gasteiger partial charge < -0.3 is 4.79 Å². The smallest absolute Gasteiger partial charge is 0.301 e. The van der Waals surface area contributed by atoms with E-state index in [0.717, 1.165) is 0 Å². The summed E-state index contributed by atoms with van der Waals surface area (Å²) in [7, 11) is -1.08. The Balaban J connectivity index is 3.81. The second-order valence-corrected chi connectivity index (χ2v) is 3.16. The second kappa shape index (κ2) is 4.57.